The molecule has 2 heterocycles. The maximum Gasteiger partial charge on any atom is 0.338 e. The monoisotopic (exact) mass is 405 g/mol. The lowest BCUT2D eigenvalue weighted by molar-refractivity contribution is 0.0468. The fraction of sp³-hybridized carbons (Fsp3) is 0.182. The van der Waals surface area contributed by atoms with Crippen molar-refractivity contribution < 1.29 is 14.3 Å². The maximum atomic E-state index is 12.5. The molecular weight excluding hydrogens is 386 g/mol. The highest BCUT2D eigenvalue weighted by molar-refractivity contribution is 7.13. The van der Waals surface area contributed by atoms with E-state index in [0.29, 0.717) is 16.8 Å². The van der Waals surface area contributed by atoms with Gasteiger partial charge in [0, 0.05) is 10.9 Å². The Hall–Kier alpha value is -3.32. The van der Waals surface area contributed by atoms with Crippen molar-refractivity contribution in [2.75, 3.05) is 7.11 Å². The van der Waals surface area contributed by atoms with Crippen LogP contribution in [0.5, 0.6) is 5.75 Å². The smallest absolute Gasteiger partial charge is 0.338 e. The highest BCUT2D eigenvalue weighted by Crippen LogP contribution is 2.26. The highest BCUT2D eigenvalue weighted by atomic mass is 32.1. The molecule has 0 aliphatic rings. The normalized spacial score (nSPS) is 10.9. The number of rotatable bonds is 5. The predicted molar refractivity (Wildman–Crippen MR) is 112 cm³/mol. The van der Waals surface area contributed by atoms with Crippen LogP contribution in [-0.2, 0) is 11.3 Å². The number of benzene rings is 2. The molecular formula is C22H19N3O3S. The van der Waals surface area contributed by atoms with Gasteiger partial charge in [-0.1, -0.05) is 0 Å². The van der Waals surface area contributed by atoms with E-state index in [1.165, 1.54) is 11.3 Å². The van der Waals surface area contributed by atoms with Crippen molar-refractivity contribution in [3.63, 3.8) is 0 Å². The third-order valence-electron chi connectivity index (χ3n) is 4.55. The van der Waals surface area contributed by atoms with Crippen molar-refractivity contribution in [1.29, 1.82) is 0 Å². The minimum absolute atomic E-state index is 0.113. The minimum atomic E-state index is -0.411. The molecule has 0 saturated heterocycles. The molecule has 0 amide bonds. The zero-order valence-electron chi connectivity index (χ0n) is 16.3. The summed E-state index contributed by atoms with van der Waals surface area (Å²) in [5.74, 6) is 0.385. The van der Waals surface area contributed by atoms with Crippen LogP contribution in [0.3, 0.4) is 0 Å². The molecule has 4 rings (SSSR count). The predicted octanol–water partition coefficient (Wildman–Crippen LogP) is 4.74. The first kappa shape index (κ1) is 19.0. The maximum absolute atomic E-state index is 12.5. The van der Waals surface area contributed by atoms with Crippen LogP contribution in [0, 0.1) is 13.8 Å². The van der Waals surface area contributed by atoms with Gasteiger partial charge in [-0.25, -0.2) is 19.7 Å². The third kappa shape index (κ3) is 4.09. The Bertz CT molecular complexity index is 1190. The SMILES string of the molecule is COc1ccc(-c2nc(COC(=O)c3ccc4nc(C)c(C)nc4c3)cs2)cc1. The van der Waals surface area contributed by atoms with Crippen LogP contribution in [0.15, 0.2) is 47.8 Å². The second kappa shape index (κ2) is 7.97. The summed E-state index contributed by atoms with van der Waals surface area (Å²) in [6.45, 7) is 3.93. The summed E-state index contributed by atoms with van der Waals surface area (Å²) in [7, 11) is 1.63. The van der Waals surface area contributed by atoms with Crippen molar-refractivity contribution in [2.24, 2.45) is 0 Å². The van der Waals surface area contributed by atoms with Gasteiger partial charge in [0.1, 0.15) is 17.4 Å². The van der Waals surface area contributed by atoms with Gasteiger partial charge < -0.3 is 9.47 Å². The molecule has 0 spiro atoms. The molecule has 0 N–H and O–H groups in total. The molecule has 0 unspecified atom stereocenters. The second-order valence-corrected chi connectivity index (χ2v) is 7.40. The number of carbonyl (C=O) groups excluding carboxylic acids is 1. The van der Waals surface area contributed by atoms with Gasteiger partial charge >= 0.3 is 5.97 Å². The van der Waals surface area contributed by atoms with E-state index in [0.717, 1.165) is 33.2 Å². The Labute approximate surface area is 172 Å². The van der Waals surface area contributed by atoms with Gasteiger partial charge in [0.05, 0.1) is 40.8 Å². The zero-order valence-corrected chi connectivity index (χ0v) is 17.1. The largest absolute Gasteiger partial charge is 0.497 e. The lowest BCUT2D eigenvalue weighted by Crippen LogP contribution is -2.06. The van der Waals surface area contributed by atoms with E-state index in [2.05, 4.69) is 15.0 Å². The van der Waals surface area contributed by atoms with Crippen LogP contribution < -0.4 is 4.74 Å². The molecule has 7 heteroatoms. The summed E-state index contributed by atoms with van der Waals surface area (Å²) >= 11 is 1.51. The number of hydrogen-bond donors (Lipinski definition) is 0. The molecule has 2 aromatic carbocycles. The summed E-state index contributed by atoms with van der Waals surface area (Å²) < 4.78 is 10.6. The van der Waals surface area contributed by atoms with Crippen molar-refractivity contribution in [3.8, 4) is 16.3 Å². The third-order valence-corrected chi connectivity index (χ3v) is 5.49. The van der Waals surface area contributed by atoms with E-state index in [1.807, 2.05) is 43.5 Å². The summed E-state index contributed by atoms with van der Waals surface area (Å²) in [5, 5.41) is 2.76. The van der Waals surface area contributed by atoms with Crippen molar-refractivity contribution in [2.45, 2.75) is 20.5 Å². The first-order valence-corrected chi connectivity index (χ1v) is 9.92. The van der Waals surface area contributed by atoms with Crippen LogP contribution in [0.4, 0.5) is 0 Å². The van der Waals surface area contributed by atoms with Crippen LogP contribution in [0.2, 0.25) is 0 Å². The number of aryl methyl sites for hydroxylation is 2. The molecule has 2 aromatic heterocycles. The van der Waals surface area contributed by atoms with E-state index in [9.17, 15) is 4.79 Å². The lowest BCUT2D eigenvalue weighted by atomic mass is 10.2. The number of methoxy groups -OCH3 is 1. The number of fused-ring (bicyclic) bond motifs is 1. The number of carbonyl (C=O) groups is 1. The van der Waals surface area contributed by atoms with Gasteiger partial charge in [-0.05, 0) is 56.3 Å². The van der Waals surface area contributed by atoms with Crippen LogP contribution in [0.1, 0.15) is 27.4 Å². The molecule has 0 aliphatic heterocycles. The highest BCUT2D eigenvalue weighted by Gasteiger charge is 2.12. The Balaban J connectivity index is 1.45. The molecule has 0 atom stereocenters. The summed E-state index contributed by atoms with van der Waals surface area (Å²) in [6.07, 6.45) is 0. The number of nitrogens with zero attached hydrogens (tertiary/aromatic N) is 3. The molecule has 0 fully saturated rings. The molecule has 6 nitrogen and oxygen atoms in total. The van der Waals surface area contributed by atoms with Gasteiger partial charge in [-0.2, -0.15) is 0 Å². The molecule has 0 saturated carbocycles. The summed E-state index contributed by atoms with van der Waals surface area (Å²) in [6, 6.07) is 12.9. The Morgan fingerprint density at radius 2 is 1.69 bits per heavy atom. The van der Waals surface area contributed by atoms with E-state index in [-0.39, 0.29) is 6.61 Å². The molecule has 4 aromatic rings. The zero-order chi connectivity index (χ0) is 20.4. The Morgan fingerprint density at radius 3 is 2.41 bits per heavy atom. The topological polar surface area (TPSA) is 74.2 Å². The van der Waals surface area contributed by atoms with Gasteiger partial charge in [0.15, 0.2) is 0 Å². The lowest BCUT2D eigenvalue weighted by Gasteiger charge is -2.06. The van der Waals surface area contributed by atoms with Gasteiger partial charge in [-0.15, -0.1) is 11.3 Å². The molecule has 0 bridgehead atoms. The molecule has 146 valence electrons. The first-order chi connectivity index (χ1) is 14.0. The molecule has 29 heavy (non-hydrogen) atoms. The van der Waals surface area contributed by atoms with E-state index in [4.69, 9.17) is 9.47 Å². The fourth-order valence-electron chi connectivity index (χ4n) is 2.82. The van der Waals surface area contributed by atoms with Crippen molar-refractivity contribution >= 4 is 28.3 Å². The van der Waals surface area contributed by atoms with E-state index in [1.54, 1.807) is 25.3 Å². The average Bonchev–Trinajstić information content (AvgIpc) is 3.21. The average molecular weight is 405 g/mol. The molecule has 0 aliphatic carbocycles. The van der Waals surface area contributed by atoms with Crippen LogP contribution in [-0.4, -0.2) is 28.0 Å². The summed E-state index contributed by atoms with van der Waals surface area (Å²) in [4.78, 5) is 26.0. The Morgan fingerprint density at radius 1 is 0.966 bits per heavy atom. The van der Waals surface area contributed by atoms with Gasteiger partial charge in [0.25, 0.3) is 0 Å². The van der Waals surface area contributed by atoms with Crippen molar-refractivity contribution in [1.82, 2.24) is 15.0 Å². The quantitative estimate of drug-likeness (QED) is 0.447. The fourth-order valence-corrected chi connectivity index (χ4v) is 3.63. The number of thiazole rings is 1. The summed E-state index contributed by atoms with van der Waals surface area (Å²) in [5.41, 5.74) is 5.31. The molecule has 0 radical (unpaired) electrons. The standard InChI is InChI=1S/C22H19N3O3S/c1-13-14(2)24-20-10-16(6-9-19(20)23-13)22(26)28-11-17-12-29-21(25-17)15-4-7-18(27-3)8-5-15/h4-10,12H,11H2,1-3H3. The number of ether oxygens (including phenoxy) is 2. The van der Waals surface area contributed by atoms with Crippen molar-refractivity contribution in [3.05, 3.63) is 70.5 Å². The number of aromatic nitrogens is 3. The number of esters is 1. The van der Waals surface area contributed by atoms with Crippen LogP contribution in [0.25, 0.3) is 21.6 Å². The van der Waals surface area contributed by atoms with E-state index < -0.39 is 5.97 Å². The van der Waals surface area contributed by atoms with E-state index >= 15 is 0 Å². The minimum Gasteiger partial charge on any atom is -0.497 e. The first-order valence-electron chi connectivity index (χ1n) is 9.04. The Kier molecular flexibility index (Phi) is 5.22. The van der Waals surface area contributed by atoms with Crippen LogP contribution >= 0.6 is 11.3 Å². The number of hydrogen-bond acceptors (Lipinski definition) is 7. The van der Waals surface area contributed by atoms with Gasteiger partial charge in [0.2, 0.25) is 0 Å². The second-order valence-electron chi connectivity index (χ2n) is 6.55. The van der Waals surface area contributed by atoms with Gasteiger partial charge in [-0.3, -0.25) is 0 Å².